The molecule has 4 rings (SSSR count). The third-order valence-electron chi connectivity index (χ3n) is 6.05. The number of likely N-dealkylation sites (tertiary alicyclic amines) is 1. The molecule has 0 spiro atoms. The number of piperidine rings is 1. The lowest BCUT2D eigenvalue weighted by molar-refractivity contribution is -0.159. The zero-order valence-corrected chi connectivity index (χ0v) is 17.1. The van der Waals surface area contributed by atoms with Crippen molar-refractivity contribution >= 4 is 5.97 Å². The molecule has 6 nitrogen and oxygen atoms in total. The smallest absolute Gasteiger partial charge is 0.313 e. The van der Waals surface area contributed by atoms with Gasteiger partial charge in [-0.3, -0.25) is 4.79 Å². The number of rotatable bonds is 7. The molecule has 0 radical (unpaired) electrons. The Morgan fingerprint density at radius 1 is 1.34 bits per heavy atom. The Kier molecular flexibility index (Phi) is 6.31. The maximum absolute atomic E-state index is 13.0. The van der Waals surface area contributed by atoms with Crippen LogP contribution in [0.1, 0.15) is 31.9 Å². The number of benzene rings is 1. The highest BCUT2D eigenvalue weighted by atomic mass is 16.5. The summed E-state index contributed by atoms with van der Waals surface area (Å²) in [6, 6.07) is 11.9. The molecule has 2 aromatic rings. The minimum absolute atomic E-state index is 0.120. The number of carbonyl (C=O) groups excluding carboxylic acids is 1. The average molecular weight is 399 g/mol. The van der Waals surface area contributed by atoms with Gasteiger partial charge in [0.25, 0.3) is 0 Å². The van der Waals surface area contributed by atoms with Gasteiger partial charge in [0, 0.05) is 37.7 Å². The van der Waals surface area contributed by atoms with E-state index in [0.717, 1.165) is 62.6 Å². The summed E-state index contributed by atoms with van der Waals surface area (Å²) in [5, 5.41) is 4.23. The lowest BCUT2D eigenvalue weighted by Crippen LogP contribution is -2.50. The molecule has 3 heterocycles. The number of aromatic nitrogens is 1. The third-order valence-corrected chi connectivity index (χ3v) is 6.05. The molecule has 1 aromatic heterocycles. The van der Waals surface area contributed by atoms with Crippen LogP contribution in [0, 0.1) is 11.3 Å². The van der Waals surface area contributed by atoms with Crippen molar-refractivity contribution in [2.24, 2.45) is 11.3 Å². The van der Waals surface area contributed by atoms with Gasteiger partial charge >= 0.3 is 5.97 Å². The Morgan fingerprint density at radius 3 is 2.97 bits per heavy atom. The van der Waals surface area contributed by atoms with Crippen LogP contribution < -0.4 is 0 Å². The predicted molar refractivity (Wildman–Crippen MR) is 109 cm³/mol. The zero-order valence-electron chi connectivity index (χ0n) is 17.1. The first-order valence-electron chi connectivity index (χ1n) is 10.7. The van der Waals surface area contributed by atoms with E-state index in [1.807, 2.05) is 43.3 Å². The highest BCUT2D eigenvalue weighted by Crippen LogP contribution is 2.36. The van der Waals surface area contributed by atoms with Crippen molar-refractivity contribution in [3.05, 3.63) is 42.2 Å². The molecular weight excluding hydrogens is 368 g/mol. The third kappa shape index (κ3) is 4.70. The van der Waals surface area contributed by atoms with Crippen molar-refractivity contribution in [2.75, 3.05) is 39.5 Å². The van der Waals surface area contributed by atoms with E-state index in [-0.39, 0.29) is 5.97 Å². The summed E-state index contributed by atoms with van der Waals surface area (Å²) < 4.78 is 16.7. The van der Waals surface area contributed by atoms with Gasteiger partial charge in [-0.05, 0) is 38.6 Å². The Morgan fingerprint density at radius 2 is 2.21 bits per heavy atom. The molecule has 156 valence electrons. The number of hydrogen-bond acceptors (Lipinski definition) is 6. The SMILES string of the molecule is CCOC(=O)C1(Cc2cc(-c3ccccc3)no2)CCCN(CC2CCOC2)C1. The summed E-state index contributed by atoms with van der Waals surface area (Å²) in [5.41, 5.74) is 1.23. The molecule has 29 heavy (non-hydrogen) atoms. The van der Waals surface area contributed by atoms with Crippen molar-refractivity contribution in [1.29, 1.82) is 0 Å². The second kappa shape index (κ2) is 9.09. The topological polar surface area (TPSA) is 64.8 Å². The maximum atomic E-state index is 13.0. The minimum atomic E-state index is -0.582. The molecule has 2 aliphatic heterocycles. The van der Waals surface area contributed by atoms with Crippen LogP contribution in [-0.4, -0.2) is 55.5 Å². The van der Waals surface area contributed by atoms with Crippen molar-refractivity contribution in [2.45, 2.75) is 32.6 Å². The van der Waals surface area contributed by atoms with Crippen LogP contribution in [0.5, 0.6) is 0 Å². The summed E-state index contributed by atoms with van der Waals surface area (Å²) in [7, 11) is 0. The van der Waals surface area contributed by atoms with Crippen LogP contribution >= 0.6 is 0 Å². The molecule has 6 heteroatoms. The van der Waals surface area contributed by atoms with E-state index in [1.54, 1.807) is 0 Å². The summed E-state index contributed by atoms with van der Waals surface area (Å²) in [6.45, 7) is 6.62. The predicted octanol–water partition coefficient (Wildman–Crippen LogP) is 3.57. The van der Waals surface area contributed by atoms with Gasteiger partial charge in [-0.15, -0.1) is 0 Å². The fraction of sp³-hybridized carbons (Fsp3) is 0.565. The maximum Gasteiger partial charge on any atom is 0.313 e. The lowest BCUT2D eigenvalue weighted by atomic mass is 9.76. The molecule has 2 aliphatic rings. The van der Waals surface area contributed by atoms with Crippen LogP contribution in [0.4, 0.5) is 0 Å². The molecule has 2 fully saturated rings. The second-order valence-electron chi connectivity index (χ2n) is 8.29. The molecule has 2 unspecified atom stereocenters. The number of nitrogens with zero attached hydrogens (tertiary/aromatic N) is 2. The van der Waals surface area contributed by atoms with E-state index in [1.165, 1.54) is 0 Å². The van der Waals surface area contributed by atoms with Gasteiger partial charge in [0.05, 0.1) is 18.6 Å². The van der Waals surface area contributed by atoms with Gasteiger partial charge in [0.2, 0.25) is 0 Å². The van der Waals surface area contributed by atoms with Gasteiger partial charge in [0.15, 0.2) is 0 Å². The first kappa shape index (κ1) is 20.1. The fourth-order valence-electron chi connectivity index (χ4n) is 4.62. The number of hydrogen-bond donors (Lipinski definition) is 0. The van der Waals surface area contributed by atoms with Gasteiger partial charge in [-0.2, -0.15) is 0 Å². The van der Waals surface area contributed by atoms with Crippen molar-refractivity contribution in [3.8, 4) is 11.3 Å². The lowest BCUT2D eigenvalue weighted by Gasteiger charge is -2.41. The monoisotopic (exact) mass is 398 g/mol. The van der Waals surface area contributed by atoms with Crippen LogP contribution in [0.3, 0.4) is 0 Å². The zero-order chi connectivity index (χ0) is 20.1. The Bertz CT molecular complexity index is 800. The van der Waals surface area contributed by atoms with Gasteiger partial charge in [-0.25, -0.2) is 0 Å². The number of esters is 1. The van der Waals surface area contributed by atoms with E-state index in [2.05, 4.69) is 10.1 Å². The average Bonchev–Trinajstić information content (AvgIpc) is 3.41. The van der Waals surface area contributed by atoms with Crippen LogP contribution in [0.15, 0.2) is 40.9 Å². The molecule has 1 aromatic carbocycles. The molecular formula is C23H30N2O4. The Labute approximate surface area is 172 Å². The molecule has 0 bridgehead atoms. The number of ether oxygens (including phenoxy) is 2. The first-order chi connectivity index (χ1) is 14.2. The van der Waals surface area contributed by atoms with Crippen molar-refractivity contribution in [3.63, 3.8) is 0 Å². The quantitative estimate of drug-likeness (QED) is 0.665. The molecule has 0 N–H and O–H groups in total. The minimum Gasteiger partial charge on any atom is -0.466 e. The van der Waals surface area contributed by atoms with Gasteiger partial charge in [-0.1, -0.05) is 35.5 Å². The van der Waals surface area contributed by atoms with Gasteiger partial charge < -0.3 is 18.9 Å². The van der Waals surface area contributed by atoms with Crippen molar-refractivity contribution in [1.82, 2.24) is 10.1 Å². The van der Waals surface area contributed by atoms with E-state index in [0.29, 0.717) is 25.5 Å². The van der Waals surface area contributed by atoms with E-state index in [4.69, 9.17) is 14.0 Å². The Hall–Kier alpha value is -2.18. The molecule has 2 saturated heterocycles. The normalized spacial score (nSPS) is 25.2. The van der Waals surface area contributed by atoms with Crippen LogP contribution in [-0.2, 0) is 20.7 Å². The van der Waals surface area contributed by atoms with E-state index in [9.17, 15) is 4.79 Å². The highest BCUT2D eigenvalue weighted by Gasteiger charge is 2.45. The second-order valence-corrected chi connectivity index (χ2v) is 8.29. The molecule has 0 saturated carbocycles. The summed E-state index contributed by atoms with van der Waals surface area (Å²) in [5.74, 6) is 1.18. The van der Waals surface area contributed by atoms with Crippen LogP contribution in [0.2, 0.25) is 0 Å². The largest absolute Gasteiger partial charge is 0.466 e. The molecule has 0 aliphatic carbocycles. The summed E-state index contributed by atoms with van der Waals surface area (Å²) in [4.78, 5) is 15.5. The summed E-state index contributed by atoms with van der Waals surface area (Å²) in [6.07, 6.45) is 3.41. The highest BCUT2D eigenvalue weighted by molar-refractivity contribution is 5.77. The standard InChI is InChI=1S/C23H30N2O4/c1-2-28-22(26)23(10-6-11-25(17-23)15-18-9-12-27-16-18)14-20-13-21(24-29-20)19-7-4-3-5-8-19/h3-5,7-8,13,18H,2,6,9-12,14-17H2,1H3. The Balaban J connectivity index is 1.52. The van der Waals surface area contributed by atoms with E-state index >= 15 is 0 Å². The molecule has 0 amide bonds. The number of carbonyl (C=O) groups is 1. The molecule has 2 atom stereocenters. The fourth-order valence-corrected chi connectivity index (χ4v) is 4.62. The van der Waals surface area contributed by atoms with E-state index < -0.39 is 5.41 Å². The van der Waals surface area contributed by atoms with Gasteiger partial charge in [0.1, 0.15) is 11.5 Å². The summed E-state index contributed by atoms with van der Waals surface area (Å²) >= 11 is 0. The first-order valence-corrected chi connectivity index (χ1v) is 10.7. The van der Waals surface area contributed by atoms with Crippen LogP contribution in [0.25, 0.3) is 11.3 Å². The van der Waals surface area contributed by atoms with Crippen molar-refractivity contribution < 1.29 is 18.8 Å².